The van der Waals surface area contributed by atoms with E-state index in [4.69, 9.17) is 9.88 Å². The van der Waals surface area contributed by atoms with E-state index in [1.807, 2.05) is 18.2 Å². The lowest BCUT2D eigenvalue weighted by Crippen LogP contribution is -2.16. The third-order valence-electron chi connectivity index (χ3n) is 4.09. The van der Waals surface area contributed by atoms with Crippen LogP contribution in [0.1, 0.15) is 15.9 Å². The van der Waals surface area contributed by atoms with E-state index >= 15 is 0 Å². The fraction of sp³-hybridized carbons (Fsp3) is 0.105. The first-order valence-corrected chi connectivity index (χ1v) is 10.6. The number of thiophene rings is 1. The molecule has 3 rings (SSSR count). The van der Waals surface area contributed by atoms with Crippen LogP contribution in [0.25, 0.3) is 10.4 Å². The van der Waals surface area contributed by atoms with Crippen LogP contribution in [0.4, 0.5) is 5.69 Å². The van der Waals surface area contributed by atoms with Gasteiger partial charge in [-0.1, -0.05) is 24.3 Å². The molecule has 0 saturated carbocycles. The lowest BCUT2D eigenvalue weighted by atomic mass is 10.1. The van der Waals surface area contributed by atoms with Crippen LogP contribution in [0.5, 0.6) is 5.75 Å². The Morgan fingerprint density at radius 3 is 2.57 bits per heavy atom. The van der Waals surface area contributed by atoms with Crippen molar-refractivity contribution in [1.82, 2.24) is 0 Å². The Bertz CT molecular complexity index is 1110. The van der Waals surface area contributed by atoms with Crippen LogP contribution in [0.2, 0.25) is 0 Å². The average Bonchev–Trinajstić information content (AvgIpc) is 3.19. The zero-order valence-corrected chi connectivity index (χ0v) is 16.5. The van der Waals surface area contributed by atoms with Gasteiger partial charge in [-0.2, -0.15) is 0 Å². The summed E-state index contributed by atoms with van der Waals surface area (Å²) in [5.74, 6) is -0.586. The second-order valence-electron chi connectivity index (χ2n) is 5.89. The number of ether oxygens (including phenoxy) is 1. The number of hydrogen-bond donors (Lipinski definition) is 3. The molecular weight excluding hydrogens is 400 g/mol. The second kappa shape index (κ2) is 8.01. The third-order valence-corrected chi connectivity index (χ3v) is 5.91. The molecule has 9 heteroatoms. The van der Waals surface area contributed by atoms with Gasteiger partial charge in [0.1, 0.15) is 5.75 Å². The smallest absolute Gasteiger partial charge is 0.335 e. The number of nitrogens with one attached hydrogen (secondary N) is 1. The molecule has 0 amide bonds. The summed E-state index contributed by atoms with van der Waals surface area (Å²) in [4.78, 5) is 11.9. The molecule has 0 bridgehead atoms. The molecule has 2 aromatic carbocycles. The van der Waals surface area contributed by atoms with Gasteiger partial charge in [-0.25, -0.2) is 18.4 Å². The molecule has 0 saturated heterocycles. The van der Waals surface area contributed by atoms with Crippen molar-refractivity contribution in [2.45, 2.75) is 11.4 Å². The van der Waals surface area contributed by atoms with Gasteiger partial charge in [0.2, 0.25) is 10.0 Å². The van der Waals surface area contributed by atoms with Gasteiger partial charge in [0.15, 0.2) is 0 Å². The van der Waals surface area contributed by atoms with Crippen LogP contribution < -0.4 is 15.2 Å². The number of anilines is 1. The van der Waals surface area contributed by atoms with E-state index in [-0.39, 0.29) is 10.5 Å². The molecule has 28 heavy (non-hydrogen) atoms. The van der Waals surface area contributed by atoms with Gasteiger partial charge >= 0.3 is 5.97 Å². The van der Waals surface area contributed by atoms with E-state index < -0.39 is 16.0 Å². The largest absolute Gasteiger partial charge is 0.496 e. The van der Waals surface area contributed by atoms with Gasteiger partial charge in [-0.05, 0) is 29.6 Å². The lowest BCUT2D eigenvalue weighted by Gasteiger charge is -2.17. The molecule has 3 aromatic rings. The van der Waals surface area contributed by atoms with E-state index in [9.17, 15) is 18.3 Å². The first-order valence-electron chi connectivity index (χ1n) is 8.15. The Morgan fingerprint density at radius 1 is 1.21 bits per heavy atom. The number of hydrogen-bond acceptors (Lipinski definition) is 6. The van der Waals surface area contributed by atoms with Crippen LogP contribution in [0.15, 0.2) is 58.8 Å². The standard InChI is InChI=1S/C19H18N2O5S2/c1-26-15-6-3-2-5-12(15)11-21-14-9-13(19(22)23)10-17(28(20,24)25)18(14)16-7-4-8-27-16/h2-10,21H,11H2,1H3,(H,22,23)(H2,20,24,25). The van der Waals surface area contributed by atoms with Crippen LogP contribution in [-0.2, 0) is 16.6 Å². The number of para-hydroxylation sites is 1. The third kappa shape index (κ3) is 4.16. The zero-order valence-electron chi connectivity index (χ0n) is 14.9. The van der Waals surface area contributed by atoms with Gasteiger partial charge in [0.25, 0.3) is 0 Å². The second-order valence-corrected chi connectivity index (χ2v) is 8.37. The summed E-state index contributed by atoms with van der Waals surface area (Å²) in [6.45, 7) is 0.301. The monoisotopic (exact) mass is 418 g/mol. The Morgan fingerprint density at radius 2 is 1.96 bits per heavy atom. The Kier molecular flexibility index (Phi) is 5.68. The Hall–Kier alpha value is -2.88. The highest BCUT2D eigenvalue weighted by Gasteiger charge is 2.23. The number of carboxylic acid groups (broad SMARTS) is 1. The van der Waals surface area contributed by atoms with Crippen molar-refractivity contribution in [3.63, 3.8) is 0 Å². The molecule has 7 nitrogen and oxygen atoms in total. The summed E-state index contributed by atoms with van der Waals surface area (Å²) < 4.78 is 29.7. The van der Waals surface area contributed by atoms with Crippen LogP contribution in [-0.4, -0.2) is 26.6 Å². The van der Waals surface area contributed by atoms with Gasteiger partial charge in [-0.3, -0.25) is 0 Å². The Balaban J connectivity index is 2.15. The maximum Gasteiger partial charge on any atom is 0.335 e. The predicted molar refractivity (Wildman–Crippen MR) is 108 cm³/mol. The number of rotatable bonds is 7. The number of carbonyl (C=O) groups is 1. The minimum Gasteiger partial charge on any atom is -0.496 e. The summed E-state index contributed by atoms with van der Waals surface area (Å²) in [5, 5.41) is 19.7. The fourth-order valence-electron chi connectivity index (χ4n) is 2.82. The number of benzene rings is 2. The zero-order chi connectivity index (χ0) is 20.3. The van der Waals surface area contributed by atoms with E-state index in [0.717, 1.165) is 11.6 Å². The maximum absolute atomic E-state index is 12.2. The quantitative estimate of drug-likeness (QED) is 0.541. The molecule has 0 aliphatic carbocycles. The molecule has 0 aliphatic heterocycles. The lowest BCUT2D eigenvalue weighted by molar-refractivity contribution is 0.0696. The molecule has 4 N–H and O–H groups in total. The molecule has 0 aliphatic rings. The number of aromatic carboxylic acids is 1. The fourth-order valence-corrected chi connectivity index (χ4v) is 4.48. The number of primary sulfonamides is 1. The van der Waals surface area contributed by atoms with Crippen molar-refractivity contribution < 1.29 is 23.1 Å². The average molecular weight is 418 g/mol. The first kappa shape index (κ1) is 19.9. The minimum absolute atomic E-state index is 0.174. The summed E-state index contributed by atoms with van der Waals surface area (Å²) in [6, 6.07) is 13.4. The van der Waals surface area contributed by atoms with Crippen molar-refractivity contribution >= 4 is 33.0 Å². The Labute approximate surface area is 166 Å². The topological polar surface area (TPSA) is 119 Å². The molecule has 1 aromatic heterocycles. The van der Waals surface area contributed by atoms with E-state index in [0.29, 0.717) is 28.4 Å². The summed E-state index contributed by atoms with van der Waals surface area (Å²) in [7, 11) is -2.60. The summed E-state index contributed by atoms with van der Waals surface area (Å²) in [6.07, 6.45) is 0. The van der Waals surface area contributed by atoms with E-state index in [2.05, 4.69) is 5.32 Å². The van der Waals surface area contributed by atoms with Gasteiger partial charge in [0.05, 0.1) is 17.6 Å². The van der Waals surface area contributed by atoms with Crippen molar-refractivity contribution in [2.75, 3.05) is 12.4 Å². The number of nitrogens with two attached hydrogens (primary N) is 1. The van der Waals surface area contributed by atoms with Crippen molar-refractivity contribution in [1.29, 1.82) is 0 Å². The minimum atomic E-state index is -4.16. The van der Waals surface area contributed by atoms with Gasteiger partial charge in [-0.15, -0.1) is 11.3 Å². The predicted octanol–water partition coefficient (Wildman–Crippen LogP) is 3.38. The summed E-state index contributed by atoms with van der Waals surface area (Å²) >= 11 is 1.33. The molecule has 0 spiro atoms. The van der Waals surface area contributed by atoms with Crippen molar-refractivity contribution in [2.24, 2.45) is 5.14 Å². The molecule has 146 valence electrons. The van der Waals surface area contributed by atoms with E-state index in [1.54, 1.807) is 30.7 Å². The highest BCUT2D eigenvalue weighted by atomic mass is 32.2. The molecule has 1 heterocycles. The SMILES string of the molecule is COc1ccccc1CNc1cc(C(=O)O)cc(S(N)(=O)=O)c1-c1cccs1. The van der Waals surface area contributed by atoms with Crippen LogP contribution in [0, 0.1) is 0 Å². The molecule has 0 fully saturated rings. The number of methoxy groups -OCH3 is 1. The van der Waals surface area contributed by atoms with Crippen molar-refractivity contribution in [3.8, 4) is 16.2 Å². The number of sulfonamides is 1. The molecular formula is C19H18N2O5S2. The maximum atomic E-state index is 12.2. The highest BCUT2D eigenvalue weighted by Crippen LogP contribution is 2.38. The normalized spacial score (nSPS) is 11.2. The molecule has 0 radical (unpaired) electrons. The molecule has 0 atom stereocenters. The highest BCUT2D eigenvalue weighted by molar-refractivity contribution is 7.89. The van der Waals surface area contributed by atoms with Crippen LogP contribution in [0.3, 0.4) is 0 Å². The molecule has 0 unspecified atom stereocenters. The van der Waals surface area contributed by atoms with Gasteiger partial charge in [0, 0.05) is 28.2 Å². The van der Waals surface area contributed by atoms with E-state index in [1.165, 1.54) is 17.4 Å². The first-order chi connectivity index (χ1) is 13.3. The van der Waals surface area contributed by atoms with Gasteiger partial charge < -0.3 is 15.2 Å². The van der Waals surface area contributed by atoms with Crippen LogP contribution >= 0.6 is 11.3 Å². The number of carboxylic acids is 1. The summed E-state index contributed by atoms with van der Waals surface area (Å²) in [5.41, 5.74) is 1.36. The van der Waals surface area contributed by atoms with Crippen molar-refractivity contribution in [3.05, 3.63) is 65.0 Å².